The van der Waals surface area contributed by atoms with Gasteiger partial charge in [-0.25, -0.2) is 0 Å². The molecule has 8 nitrogen and oxygen atoms in total. The number of rotatable bonds is 7. The van der Waals surface area contributed by atoms with Crippen LogP contribution >= 0.6 is 0 Å². The first-order chi connectivity index (χ1) is 16.9. The number of benzene rings is 1. The lowest BCUT2D eigenvalue weighted by Gasteiger charge is -2.31. The Morgan fingerprint density at radius 3 is 2.89 bits per heavy atom. The number of nitrogens with zero attached hydrogens (tertiary/aromatic N) is 4. The molecule has 0 saturated carbocycles. The van der Waals surface area contributed by atoms with Crippen LogP contribution in [-0.4, -0.2) is 37.2 Å². The van der Waals surface area contributed by atoms with Gasteiger partial charge in [0, 0.05) is 53.3 Å². The van der Waals surface area contributed by atoms with Crippen molar-refractivity contribution in [2.75, 3.05) is 7.11 Å². The molecule has 182 valence electrons. The Bertz CT molecular complexity index is 1460. The van der Waals surface area contributed by atoms with Crippen LogP contribution in [0.15, 0.2) is 41.5 Å². The fraction of sp³-hybridized carbons (Fsp3) is 0.407. The van der Waals surface area contributed by atoms with Crippen molar-refractivity contribution in [3.8, 4) is 5.75 Å². The Morgan fingerprint density at radius 2 is 2.09 bits per heavy atom. The van der Waals surface area contributed by atoms with Gasteiger partial charge < -0.3 is 18.9 Å². The van der Waals surface area contributed by atoms with E-state index in [-0.39, 0.29) is 23.8 Å². The topological polar surface area (TPSA) is 94.8 Å². The van der Waals surface area contributed by atoms with Crippen molar-refractivity contribution in [3.63, 3.8) is 0 Å². The van der Waals surface area contributed by atoms with Crippen LogP contribution in [0.3, 0.4) is 0 Å². The van der Waals surface area contributed by atoms with E-state index in [1.807, 2.05) is 38.4 Å². The number of aryl methyl sites for hydroxylation is 2. The number of fused-ring (bicyclic) bond motifs is 2. The van der Waals surface area contributed by atoms with E-state index in [2.05, 4.69) is 37.3 Å². The second-order valence-electron chi connectivity index (χ2n) is 9.54. The summed E-state index contributed by atoms with van der Waals surface area (Å²) in [5.41, 5.74) is 3.83. The number of aromatic amines is 1. The van der Waals surface area contributed by atoms with Gasteiger partial charge in [0.15, 0.2) is 5.78 Å². The van der Waals surface area contributed by atoms with E-state index in [1.54, 1.807) is 13.2 Å². The lowest BCUT2D eigenvalue weighted by molar-refractivity contribution is 0.0983. The second-order valence-corrected chi connectivity index (χ2v) is 9.54. The molecule has 0 amide bonds. The highest BCUT2D eigenvalue weighted by Gasteiger charge is 2.29. The van der Waals surface area contributed by atoms with Crippen molar-refractivity contribution < 1.29 is 9.53 Å². The van der Waals surface area contributed by atoms with Crippen molar-refractivity contribution >= 4 is 16.7 Å². The first kappa shape index (κ1) is 23.1. The third kappa shape index (κ3) is 4.07. The lowest BCUT2D eigenvalue weighted by Crippen LogP contribution is -2.27. The molecular weight excluding hydrogens is 442 g/mol. The number of hydrogen-bond donors (Lipinski definition) is 1. The van der Waals surface area contributed by atoms with Crippen LogP contribution in [0, 0.1) is 19.8 Å². The highest BCUT2D eigenvalue weighted by molar-refractivity contribution is 6.09. The van der Waals surface area contributed by atoms with Gasteiger partial charge in [0.1, 0.15) is 17.9 Å². The lowest BCUT2D eigenvalue weighted by atomic mass is 9.92. The zero-order chi connectivity index (χ0) is 24.7. The molecule has 5 rings (SSSR count). The highest BCUT2D eigenvalue weighted by atomic mass is 16.5. The van der Waals surface area contributed by atoms with Gasteiger partial charge >= 0.3 is 0 Å². The molecule has 0 fully saturated rings. The van der Waals surface area contributed by atoms with Crippen molar-refractivity contribution in [3.05, 3.63) is 75.4 Å². The first-order valence-corrected chi connectivity index (χ1v) is 12.1. The van der Waals surface area contributed by atoms with E-state index in [0.717, 1.165) is 53.1 Å². The Kier molecular flexibility index (Phi) is 6.05. The van der Waals surface area contributed by atoms with E-state index < -0.39 is 0 Å². The van der Waals surface area contributed by atoms with E-state index in [4.69, 9.17) is 4.74 Å². The van der Waals surface area contributed by atoms with Gasteiger partial charge in [-0.05, 0) is 51.7 Å². The molecule has 0 aliphatic carbocycles. The van der Waals surface area contributed by atoms with Gasteiger partial charge in [-0.3, -0.25) is 9.59 Å². The maximum atomic E-state index is 13.6. The quantitative estimate of drug-likeness (QED) is 0.406. The third-order valence-electron chi connectivity index (χ3n) is 7.44. The van der Waals surface area contributed by atoms with Crippen LogP contribution < -0.4 is 10.3 Å². The summed E-state index contributed by atoms with van der Waals surface area (Å²) in [4.78, 5) is 28.9. The van der Waals surface area contributed by atoms with Gasteiger partial charge in [-0.15, -0.1) is 10.2 Å². The zero-order valence-electron chi connectivity index (χ0n) is 20.7. The molecule has 2 atom stereocenters. The van der Waals surface area contributed by atoms with Gasteiger partial charge in [0.2, 0.25) is 0 Å². The fourth-order valence-corrected chi connectivity index (χ4v) is 5.62. The number of hydrogen-bond acceptors (Lipinski definition) is 5. The number of ether oxygens (including phenoxy) is 1. The maximum absolute atomic E-state index is 13.6. The first-order valence-electron chi connectivity index (χ1n) is 12.1. The van der Waals surface area contributed by atoms with E-state index in [1.165, 1.54) is 0 Å². The van der Waals surface area contributed by atoms with Gasteiger partial charge in [-0.1, -0.05) is 18.2 Å². The number of H-pyrrole nitrogens is 1. The summed E-state index contributed by atoms with van der Waals surface area (Å²) < 4.78 is 9.88. The minimum absolute atomic E-state index is 0.0384. The summed E-state index contributed by atoms with van der Waals surface area (Å²) >= 11 is 0. The van der Waals surface area contributed by atoms with Gasteiger partial charge in [-0.2, -0.15) is 0 Å². The smallest absolute Gasteiger partial charge is 0.255 e. The molecule has 0 bridgehead atoms. The molecule has 0 saturated heterocycles. The number of carbonyl (C=O) groups is 1. The second kappa shape index (κ2) is 9.17. The highest BCUT2D eigenvalue weighted by Crippen LogP contribution is 2.36. The summed E-state index contributed by atoms with van der Waals surface area (Å²) in [5.74, 6) is 2.01. The minimum Gasteiger partial charge on any atom is -0.496 e. The van der Waals surface area contributed by atoms with Crippen molar-refractivity contribution in [1.82, 2.24) is 24.3 Å². The van der Waals surface area contributed by atoms with Gasteiger partial charge in [0.05, 0.1) is 12.7 Å². The molecule has 1 aromatic carbocycles. The number of pyridine rings is 1. The zero-order valence-corrected chi connectivity index (χ0v) is 20.7. The molecule has 8 heteroatoms. The van der Waals surface area contributed by atoms with Crippen LogP contribution in [0.5, 0.6) is 5.75 Å². The predicted octanol–water partition coefficient (Wildman–Crippen LogP) is 4.19. The molecule has 3 aromatic heterocycles. The van der Waals surface area contributed by atoms with E-state index in [0.29, 0.717) is 23.7 Å². The summed E-state index contributed by atoms with van der Waals surface area (Å²) in [6, 6.07) is 10.1. The van der Waals surface area contributed by atoms with Crippen molar-refractivity contribution in [2.24, 2.45) is 5.92 Å². The Balaban J connectivity index is 1.46. The number of Topliss-reactive ketones (excluding diaryl/α,β-unsaturated/α-hetero) is 1. The standard InChI is InChI=1S/C27H31N5O3/c1-16-13-24(35-4)21(27(34)29-16)10-11-23(33)26-18(3)32(22-8-6-5-7-20(22)26)17(2)19-9-12-25-30-28-15-31(25)14-19/h5-8,13,15,17,19H,9-12,14H2,1-4H3,(H,29,34)/t17-,19?/m1/s1. The minimum atomic E-state index is -0.201. The molecular formula is C27H31N5O3. The van der Waals surface area contributed by atoms with Crippen LogP contribution in [-0.2, 0) is 19.4 Å². The largest absolute Gasteiger partial charge is 0.496 e. The molecule has 1 aliphatic rings. The van der Waals surface area contributed by atoms with Crippen molar-refractivity contribution in [2.45, 2.75) is 59.0 Å². The summed E-state index contributed by atoms with van der Waals surface area (Å²) in [7, 11) is 1.55. The van der Waals surface area contributed by atoms with Crippen LogP contribution in [0.1, 0.15) is 58.9 Å². The maximum Gasteiger partial charge on any atom is 0.255 e. The molecule has 0 radical (unpaired) electrons. The van der Waals surface area contributed by atoms with Gasteiger partial charge in [0.25, 0.3) is 5.56 Å². The van der Waals surface area contributed by atoms with Crippen LogP contribution in [0.2, 0.25) is 0 Å². The summed E-state index contributed by atoms with van der Waals surface area (Å²) in [6.45, 7) is 6.96. The average molecular weight is 474 g/mol. The predicted molar refractivity (Wildman–Crippen MR) is 134 cm³/mol. The molecule has 1 N–H and O–H groups in total. The molecule has 1 aliphatic heterocycles. The third-order valence-corrected chi connectivity index (χ3v) is 7.44. The monoisotopic (exact) mass is 473 g/mol. The Hall–Kier alpha value is -3.68. The molecule has 1 unspecified atom stereocenters. The number of methoxy groups -OCH3 is 1. The Labute approximate surface area is 204 Å². The fourth-order valence-electron chi connectivity index (χ4n) is 5.62. The summed E-state index contributed by atoms with van der Waals surface area (Å²) in [6.07, 6.45) is 4.31. The number of nitrogens with one attached hydrogen (secondary N) is 1. The SMILES string of the molecule is COc1cc(C)[nH]c(=O)c1CCC(=O)c1c(C)n([C@H](C)C2CCc3nncn3C2)c2ccccc12. The van der Waals surface area contributed by atoms with E-state index in [9.17, 15) is 9.59 Å². The van der Waals surface area contributed by atoms with Crippen LogP contribution in [0.25, 0.3) is 10.9 Å². The molecule has 4 heterocycles. The molecule has 35 heavy (non-hydrogen) atoms. The molecule has 0 spiro atoms. The Morgan fingerprint density at radius 1 is 1.29 bits per heavy atom. The molecule has 4 aromatic rings. The van der Waals surface area contributed by atoms with E-state index >= 15 is 0 Å². The number of carbonyl (C=O) groups excluding carboxylic acids is 1. The number of para-hydroxylation sites is 1. The number of ketones is 1. The summed E-state index contributed by atoms with van der Waals surface area (Å²) in [5, 5.41) is 9.24. The number of aromatic nitrogens is 5. The van der Waals surface area contributed by atoms with Crippen LogP contribution in [0.4, 0.5) is 0 Å². The average Bonchev–Trinajstić information content (AvgIpc) is 3.43. The van der Waals surface area contributed by atoms with Crippen molar-refractivity contribution in [1.29, 1.82) is 0 Å². The normalized spacial score (nSPS) is 16.3.